The van der Waals surface area contributed by atoms with Gasteiger partial charge in [-0.1, -0.05) is 121 Å². The molecule has 0 amide bonds. The van der Waals surface area contributed by atoms with Crippen molar-refractivity contribution in [3.8, 4) is 40.2 Å². The lowest BCUT2D eigenvalue weighted by atomic mass is 10.0. The standard InChI is InChI=1S/C46H29N5O2/c52-40-22-12-9-19-37(40)43(53)29-23-25-32(26-24-29)50-38-20-10-7-17-33(38)35-27-28-36-34-18-8-11-21-39(34)51(42(36)41(35)50)46-48-44(30-13-3-1-4-14-30)47-45(49-46)31-15-5-2-6-16-31/h1-28,52H. The Labute approximate surface area is 303 Å². The predicted molar refractivity (Wildman–Crippen MR) is 211 cm³/mol. The fourth-order valence-electron chi connectivity index (χ4n) is 7.46. The lowest BCUT2D eigenvalue weighted by Gasteiger charge is -2.13. The van der Waals surface area contributed by atoms with Crippen molar-refractivity contribution in [3.63, 3.8) is 0 Å². The molecule has 0 aliphatic heterocycles. The van der Waals surface area contributed by atoms with Crippen molar-refractivity contribution < 1.29 is 9.90 Å². The van der Waals surface area contributed by atoms with Crippen LogP contribution >= 0.6 is 0 Å². The molecule has 7 heteroatoms. The Morgan fingerprint density at radius 3 is 1.53 bits per heavy atom. The first-order chi connectivity index (χ1) is 26.1. The van der Waals surface area contributed by atoms with Crippen molar-refractivity contribution in [2.45, 2.75) is 0 Å². The van der Waals surface area contributed by atoms with Crippen molar-refractivity contribution in [2.75, 3.05) is 0 Å². The van der Waals surface area contributed by atoms with Gasteiger partial charge < -0.3 is 9.67 Å². The summed E-state index contributed by atoms with van der Waals surface area (Å²) in [5.74, 6) is 1.40. The quantitative estimate of drug-likeness (QED) is 0.176. The molecule has 0 unspecified atom stereocenters. The molecule has 0 bridgehead atoms. The van der Waals surface area contributed by atoms with Gasteiger partial charge in [-0.3, -0.25) is 9.36 Å². The Kier molecular flexibility index (Phi) is 6.97. The van der Waals surface area contributed by atoms with Crippen LogP contribution in [0.15, 0.2) is 170 Å². The van der Waals surface area contributed by atoms with E-state index in [-0.39, 0.29) is 17.1 Å². The number of aromatic hydroxyl groups is 1. The number of rotatable bonds is 6. The van der Waals surface area contributed by atoms with Gasteiger partial charge in [-0.15, -0.1) is 0 Å². The Morgan fingerprint density at radius 1 is 0.453 bits per heavy atom. The van der Waals surface area contributed by atoms with E-state index in [9.17, 15) is 9.90 Å². The van der Waals surface area contributed by atoms with E-state index in [0.29, 0.717) is 23.2 Å². The summed E-state index contributed by atoms with van der Waals surface area (Å²) in [6.45, 7) is 0. The van der Waals surface area contributed by atoms with Crippen LogP contribution in [0.3, 0.4) is 0 Å². The Bertz CT molecular complexity index is 2960. The van der Waals surface area contributed by atoms with Gasteiger partial charge >= 0.3 is 0 Å². The first kappa shape index (κ1) is 30.4. The van der Waals surface area contributed by atoms with E-state index in [1.54, 1.807) is 18.2 Å². The molecule has 1 N–H and O–H groups in total. The highest BCUT2D eigenvalue weighted by atomic mass is 16.3. The molecular weight excluding hydrogens is 655 g/mol. The molecule has 0 saturated heterocycles. The van der Waals surface area contributed by atoms with Gasteiger partial charge in [-0.05, 0) is 48.5 Å². The fourth-order valence-corrected chi connectivity index (χ4v) is 7.46. The van der Waals surface area contributed by atoms with E-state index in [2.05, 4.69) is 57.7 Å². The normalized spacial score (nSPS) is 11.5. The molecule has 3 aromatic heterocycles. The largest absolute Gasteiger partial charge is 0.507 e. The highest BCUT2D eigenvalue weighted by Crippen LogP contribution is 2.41. The molecule has 7 nitrogen and oxygen atoms in total. The SMILES string of the molecule is O=C(c1ccc(-n2c3ccccc3c3ccc4c5ccccc5n(-c5nc(-c6ccccc6)nc(-c6ccccc6)n5)c4c32)cc1)c1ccccc1O. The topological polar surface area (TPSA) is 85.8 Å². The molecule has 0 aliphatic rings. The highest BCUT2D eigenvalue weighted by molar-refractivity contribution is 6.23. The zero-order valence-electron chi connectivity index (χ0n) is 28.3. The fraction of sp³-hybridized carbons (Fsp3) is 0. The molecule has 7 aromatic carbocycles. The number of carbonyl (C=O) groups excluding carboxylic acids is 1. The van der Waals surface area contributed by atoms with Gasteiger partial charge in [0.2, 0.25) is 5.95 Å². The van der Waals surface area contributed by atoms with Gasteiger partial charge in [-0.2, -0.15) is 9.97 Å². The lowest BCUT2D eigenvalue weighted by molar-refractivity contribution is 0.103. The number of aromatic nitrogens is 5. The van der Waals surface area contributed by atoms with Crippen LogP contribution in [0.25, 0.3) is 78.0 Å². The van der Waals surface area contributed by atoms with Crippen molar-refractivity contribution in [3.05, 3.63) is 181 Å². The Hall–Kier alpha value is -7.38. The molecule has 0 saturated carbocycles. The highest BCUT2D eigenvalue weighted by Gasteiger charge is 2.23. The number of fused-ring (bicyclic) bond motifs is 7. The van der Waals surface area contributed by atoms with Crippen LogP contribution in [-0.2, 0) is 0 Å². The number of ketones is 1. The summed E-state index contributed by atoms with van der Waals surface area (Å²) in [7, 11) is 0. The third-order valence-electron chi connectivity index (χ3n) is 9.89. The third kappa shape index (κ3) is 4.90. The van der Waals surface area contributed by atoms with Crippen molar-refractivity contribution in [1.82, 2.24) is 24.1 Å². The molecule has 0 fully saturated rings. The number of hydrogen-bond acceptors (Lipinski definition) is 5. The second-order valence-electron chi connectivity index (χ2n) is 13.0. The maximum atomic E-state index is 13.4. The van der Waals surface area contributed by atoms with Crippen LogP contribution in [0.5, 0.6) is 5.75 Å². The zero-order valence-corrected chi connectivity index (χ0v) is 28.3. The van der Waals surface area contributed by atoms with E-state index in [1.807, 2.05) is 97.1 Å². The number of para-hydroxylation sites is 3. The van der Waals surface area contributed by atoms with Crippen molar-refractivity contribution in [2.24, 2.45) is 0 Å². The molecular formula is C46H29N5O2. The van der Waals surface area contributed by atoms with Gasteiger partial charge in [0.1, 0.15) is 5.75 Å². The molecule has 250 valence electrons. The monoisotopic (exact) mass is 683 g/mol. The summed E-state index contributed by atoms with van der Waals surface area (Å²) < 4.78 is 4.42. The molecule has 10 rings (SSSR count). The second kappa shape index (κ2) is 12.1. The summed E-state index contributed by atoms with van der Waals surface area (Å²) in [4.78, 5) is 28.8. The maximum absolute atomic E-state index is 13.4. The van der Waals surface area contributed by atoms with E-state index in [1.165, 1.54) is 6.07 Å². The average molecular weight is 684 g/mol. The molecule has 53 heavy (non-hydrogen) atoms. The minimum Gasteiger partial charge on any atom is -0.507 e. The van der Waals surface area contributed by atoms with Crippen molar-refractivity contribution in [1.29, 1.82) is 0 Å². The Balaban J connectivity index is 1.28. The molecule has 0 spiro atoms. The van der Waals surface area contributed by atoms with E-state index in [0.717, 1.165) is 60.4 Å². The van der Waals surface area contributed by atoms with Crippen LogP contribution in [0, 0.1) is 0 Å². The third-order valence-corrected chi connectivity index (χ3v) is 9.89. The van der Waals surface area contributed by atoms with E-state index < -0.39 is 0 Å². The first-order valence-electron chi connectivity index (χ1n) is 17.4. The number of carbonyl (C=O) groups is 1. The number of nitrogens with zero attached hydrogens (tertiary/aromatic N) is 5. The van der Waals surface area contributed by atoms with E-state index in [4.69, 9.17) is 15.0 Å². The van der Waals surface area contributed by atoms with Gasteiger partial charge in [-0.25, -0.2) is 4.98 Å². The molecule has 0 radical (unpaired) electrons. The number of benzene rings is 7. The van der Waals surface area contributed by atoms with Gasteiger partial charge in [0, 0.05) is 43.9 Å². The molecule has 10 aromatic rings. The minimum atomic E-state index is -0.238. The number of hydrogen-bond donors (Lipinski definition) is 1. The molecule has 0 aliphatic carbocycles. The first-order valence-corrected chi connectivity index (χ1v) is 17.4. The van der Waals surface area contributed by atoms with Gasteiger partial charge in [0.15, 0.2) is 17.4 Å². The zero-order chi connectivity index (χ0) is 35.5. The van der Waals surface area contributed by atoms with Crippen LogP contribution in [-0.4, -0.2) is 35.0 Å². The lowest BCUT2D eigenvalue weighted by Crippen LogP contribution is -2.07. The molecule has 3 heterocycles. The van der Waals surface area contributed by atoms with Crippen LogP contribution in [0.1, 0.15) is 15.9 Å². The smallest absolute Gasteiger partial charge is 0.238 e. The second-order valence-corrected chi connectivity index (χ2v) is 13.0. The van der Waals surface area contributed by atoms with Crippen LogP contribution in [0.2, 0.25) is 0 Å². The van der Waals surface area contributed by atoms with Crippen LogP contribution < -0.4 is 0 Å². The molecule has 0 atom stereocenters. The van der Waals surface area contributed by atoms with Gasteiger partial charge in [0.05, 0.1) is 27.6 Å². The summed E-state index contributed by atoms with van der Waals surface area (Å²) in [5, 5.41) is 14.7. The van der Waals surface area contributed by atoms with Crippen LogP contribution in [0.4, 0.5) is 0 Å². The summed E-state index contributed by atoms with van der Waals surface area (Å²) in [5.41, 5.74) is 7.38. The summed E-state index contributed by atoms with van der Waals surface area (Å²) in [6, 6.07) is 55.3. The maximum Gasteiger partial charge on any atom is 0.238 e. The average Bonchev–Trinajstić information content (AvgIpc) is 3.75. The number of phenolic OH excluding ortho intramolecular Hbond substituents is 1. The summed E-state index contributed by atoms with van der Waals surface area (Å²) >= 11 is 0. The summed E-state index contributed by atoms with van der Waals surface area (Å²) in [6.07, 6.45) is 0. The number of phenols is 1. The Morgan fingerprint density at radius 2 is 0.943 bits per heavy atom. The van der Waals surface area contributed by atoms with Gasteiger partial charge in [0.25, 0.3) is 0 Å². The predicted octanol–water partition coefficient (Wildman–Crippen LogP) is 10.3. The van der Waals surface area contributed by atoms with E-state index >= 15 is 0 Å². The van der Waals surface area contributed by atoms with Crippen molar-refractivity contribution >= 4 is 49.4 Å². The minimum absolute atomic E-state index is 0.0385.